The number of rotatable bonds is 4. The number of fused-ring (bicyclic) bond motifs is 3. The molecule has 36 heavy (non-hydrogen) atoms. The molecule has 4 aliphatic rings. The van der Waals surface area contributed by atoms with Crippen LogP contribution in [0.1, 0.15) is 41.6 Å². The molecular weight excluding hydrogens is 532 g/mol. The first-order valence-corrected chi connectivity index (χ1v) is 12.5. The molecule has 2 aromatic rings. The Labute approximate surface area is 214 Å². The number of hydrogen-bond donors (Lipinski definition) is 1. The Hall–Kier alpha value is -3.66. The zero-order chi connectivity index (χ0) is 25.0. The van der Waals surface area contributed by atoms with E-state index in [1.165, 1.54) is 17.0 Å². The summed E-state index contributed by atoms with van der Waals surface area (Å²) in [6, 6.07) is 8.69. The quantitative estimate of drug-likeness (QED) is 0.263. The van der Waals surface area contributed by atoms with E-state index >= 15 is 0 Å². The van der Waals surface area contributed by atoms with E-state index in [2.05, 4.69) is 21.2 Å². The number of amides is 4. The van der Waals surface area contributed by atoms with Crippen molar-refractivity contribution in [3.05, 3.63) is 57.6 Å². The van der Waals surface area contributed by atoms with Crippen molar-refractivity contribution in [2.45, 2.75) is 31.7 Å². The molecule has 184 valence electrons. The molecule has 10 heteroatoms. The third-order valence-electron chi connectivity index (χ3n) is 7.25. The van der Waals surface area contributed by atoms with E-state index in [1.54, 1.807) is 30.3 Å². The zero-order valence-corrected chi connectivity index (χ0v) is 20.6. The summed E-state index contributed by atoms with van der Waals surface area (Å²) in [6.45, 7) is 0.0795. The second-order valence-corrected chi connectivity index (χ2v) is 10.3. The topological polar surface area (TPSA) is 111 Å². The Balaban J connectivity index is 1.30. The molecule has 2 aromatic carbocycles. The second kappa shape index (κ2) is 8.77. The van der Waals surface area contributed by atoms with Crippen LogP contribution in [0.3, 0.4) is 0 Å². The van der Waals surface area contributed by atoms with Crippen LogP contribution in [-0.2, 0) is 9.59 Å². The molecule has 2 aliphatic heterocycles. The Morgan fingerprint density at radius 1 is 1.06 bits per heavy atom. The van der Waals surface area contributed by atoms with Gasteiger partial charge in [0.2, 0.25) is 6.79 Å². The van der Waals surface area contributed by atoms with E-state index in [-0.39, 0.29) is 35.6 Å². The second-order valence-electron chi connectivity index (χ2n) is 9.37. The maximum absolute atomic E-state index is 13.4. The molecule has 2 bridgehead atoms. The monoisotopic (exact) mass is 552 g/mol. The molecule has 0 unspecified atom stereocenters. The summed E-state index contributed by atoms with van der Waals surface area (Å²) in [6.07, 6.45) is 5.21. The summed E-state index contributed by atoms with van der Waals surface area (Å²) < 4.78 is 16.9. The van der Waals surface area contributed by atoms with Gasteiger partial charge in [0.05, 0.1) is 5.56 Å². The van der Waals surface area contributed by atoms with Gasteiger partial charge in [-0.1, -0.05) is 22.4 Å². The molecule has 1 N–H and O–H groups in total. The molecular formula is C26H21BrN2O7. The fraction of sp³-hybridized carbons (Fsp3) is 0.308. The van der Waals surface area contributed by atoms with E-state index in [1.807, 2.05) is 0 Å². The largest absolute Gasteiger partial charge is 0.454 e. The minimum absolute atomic E-state index is 0.0795. The number of esters is 1. The fourth-order valence-corrected chi connectivity index (χ4v) is 5.94. The number of ether oxygens (including phenoxy) is 3. The lowest BCUT2D eigenvalue weighted by Gasteiger charge is -2.35. The normalized spacial score (nSPS) is 25.5. The van der Waals surface area contributed by atoms with Gasteiger partial charge in [-0.3, -0.25) is 19.8 Å². The molecule has 2 saturated carbocycles. The molecule has 2 aliphatic carbocycles. The van der Waals surface area contributed by atoms with Gasteiger partial charge < -0.3 is 14.2 Å². The third kappa shape index (κ3) is 3.95. The SMILES string of the molecule is O=C1NC(=O)N([C@H]2C[C@H]3CC[C@H]2C3)C(=O)/C1=C\c1cc(Br)ccc1OC(=O)c1ccc2c(c1)OCO2. The lowest BCUT2D eigenvalue weighted by molar-refractivity contribution is -0.132. The van der Waals surface area contributed by atoms with Crippen LogP contribution in [0.15, 0.2) is 46.4 Å². The number of barbiturate groups is 1. The number of halogens is 1. The van der Waals surface area contributed by atoms with Crippen LogP contribution in [0.25, 0.3) is 6.08 Å². The van der Waals surface area contributed by atoms with Crippen molar-refractivity contribution in [1.29, 1.82) is 0 Å². The van der Waals surface area contributed by atoms with E-state index in [4.69, 9.17) is 14.2 Å². The number of nitrogens with one attached hydrogen (secondary N) is 1. The number of imide groups is 2. The lowest BCUT2D eigenvalue weighted by atomic mass is 9.93. The molecule has 0 spiro atoms. The number of nitrogens with zero attached hydrogens (tertiary/aromatic N) is 1. The maximum Gasteiger partial charge on any atom is 0.343 e. The number of benzene rings is 2. The van der Waals surface area contributed by atoms with Gasteiger partial charge in [-0.15, -0.1) is 0 Å². The van der Waals surface area contributed by atoms with Crippen molar-refractivity contribution >= 4 is 45.8 Å². The van der Waals surface area contributed by atoms with Gasteiger partial charge in [0.1, 0.15) is 11.3 Å². The minimum Gasteiger partial charge on any atom is -0.454 e. The zero-order valence-electron chi connectivity index (χ0n) is 19.0. The standard InChI is InChI=1S/C26H21BrN2O7/c27-17-4-6-20(36-25(32)15-3-5-21-22(11-15)35-12-34-21)16(9-17)10-18-23(30)28-26(33)29(24(18)31)19-8-13-1-2-14(19)7-13/h3-6,9-11,13-14,19H,1-2,7-8,12H2,(H,28,30,33)/b18-10-/t13-,14-,19-/m0/s1. The summed E-state index contributed by atoms with van der Waals surface area (Å²) in [4.78, 5) is 52.8. The van der Waals surface area contributed by atoms with Crippen molar-refractivity contribution in [2.75, 3.05) is 6.79 Å². The van der Waals surface area contributed by atoms with Gasteiger partial charge in [-0.25, -0.2) is 9.59 Å². The van der Waals surface area contributed by atoms with Gasteiger partial charge in [0, 0.05) is 16.1 Å². The van der Waals surface area contributed by atoms with Gasteiger partial charge in [0.15, 0.2) is 11.5 Å². The van der Waals surface area contributed by atoms with Gasteiger partial charge >= 0.3 is 12.0 Å². The summed E-state index contributed by atoms with van der Waals surface area (Å²) >= 11 is 3.38. The van der Waals surface area contributed by atoms with Crippen molar-refractivity contribution in [2.24, 2.45) is 11.8 Å². The van der Waals surface area contributed by atoms with Crippen molar-refractivity contribution in [3.63, 3.8) is 0 Å². The van der Waals surface area contributed by atoms with Crippen molar-refractivity contribution < 1.29 is 33.4 Å². The number of urea groups is 1. The van der Waals surface area contributed by atoms with Crippen LogP contribution in [0.5, 0.6) is 17.2 Å². The summed E-state index contributed by atoms with van der Waals surface area (Å²) in [5.74, 6) is -0.145. The van der Waals surface area contributed by atoms with E-state index in [0.717, 1.165) is 25.7 Å². The number of carbonyl (C=O) groups excluding carboxylic acids is 4. The highest BCUT2D eigenvalue weighted by atomic mass is 79.9. The smallest absolute Gasteiger partial charge is 0.343 e. The summed E-state index contributed by atoms with van der Waals surface area (Å²) in [7, 11) is 0. The molecule has 9 nitrogen and oxygen atoms in total. The Kier molecular flexibility index (Phi) is 5.55. The minimum atomic E-state index is -0.780. The highest BCUT2D eigenvalue weighted by molar-refractivity contribution is 9.10. The number of hydrogen-bond acceptors (Lipinski definition) is 7. The van der Waals surface area contributed by atoms with Crippen LogP contribution >= 0.6 is 15.9 Å². The van der Waals surface area contributed by atoms with Crippen LogP contribution in [-0.4, -0.2) is 41.5 Å². The van der Waals surface area contributed by atoms with E-state index in [0.29, 0.717) is 27.5 Å². The highest BCUT2D eigenvalue weighted by Crippen LogP contribution is 2.47. The first-order chi connectivity index (χ1) is 17.4. The molecule has 4 amide bonds. The molecule has 0 aromatic heterocycles. The average Bonchev–Trinajstić information content (AvgIpc) is 3.60. The summed E-state index contributed by atoms with van der Waals surface area (Å²) in [5.41, 5.74) is 0.398. The van der Waals surface area contributed by atoms with E-state index in [9.17, 15) is 19.2 Å². The third-order valence-corrected chi connectivity index (χ3v) is 7.74. The van der Waals surface area contributed by atoms with E-state index < -0.39 is 23.8 Å². The van der Waals surface area contributed by atoms with Gasteiger partial charge in [0.25, 0.3) is 11.8 Å². The highest BCUT2D eigenvalue weighted by Gasteiger charge is 2.49. The van der Waals surface area contributed by atoms with Crippen molar-refractivity contribution in [3.8, 4) is 17.2 Å². The summed E-state index contributed by atoms with van der Waals surface area (Å²) in [5, 5.41) is 2.30. The predicted molar refractivity (Wildman–Crippen MR) is 129 cm³/mol. The molecule has 0 radical (unpaired) electrons. The molecule has 2 heterocycles. The Bertz CT molecular complexity index is 1350. The van der Waals surface area contributed by atoms with Crippen LogP contribution in [0.4, 0.5) is 4.79 Å². The molecule has 6 rings (SSSR count). The van der Waals surface area contributed by atoms with Gasteiger partial charge in [-0.2, -0.15) is 0 Å². The van der Waals surface area contributed by atoms with Crippen LogP contribution in [0, 0.1) is 11.8 Å². The molecule has 3 fully saturated rings. The number of carbonyl (C=O) groups is 4. The first kappa shape index (κ1) is 22.8. The first-order valence-electron chi connectivity index (χ1n) is 11.7. The predicted octanol–water partition coefficient (Wildman–Crippen LogP) is 4.05. The fourth-order valence-electron chi connectivity index (χ4n) is 5.56. The Morgan fingerprint density at radius 3 is 2.67 bits per heavy atom. The lowest BCUT2D eigenvalue weighted by Crippen LogP contribution is -2.58. The van der Waals surface area contributed by atoms with Crippen LogP contribution < -0.4 is 19.5 Å². The average molecular weight is 553 g/mol. The molecule has 1 saturated heterocycles. The Morgan fingerprint density at radius 2 is 1.89 bits per heavy atom. The van der Waals surface area contributed by atoms with Crippen LogP contribution in [0.2, 0.25) is 0 Å². The van der Waals surface area contributed by atoms with Gasteiger partial charge in [-0.05, 0) is 73.6 Å². The molecule has 3 atom stereocenters. The van der Waals surface area contributed by atoms with Crippen molar-refractivity contribution in [1.82, 2.24) is 10.2 Å². The maximum atomic E-state index is 13.4.